The van der Waals surface area contributed by atoms with Crippen LogP contribution in [0.15, 0.2) is 133 Å². The van der Waals surface area contributed by atoms with Crippen LogP contribution >= 0.6 is 11.8 Å². The highest BCUT2D eigenvalue weighted by atomic mass is 35.5. The van der Waals surface area contributed by atoms with E-state index >= 15 is 0 Å². The summed E-state index contributed by atoms with van der Waals surface area (Å²) in [5.41, 5.74) is 9.58. The Kier molecular flexibility index (Phi) is 18.2. The standard InChI is InChI=1S/C37H36N2O6.C24H25NO6.C13H12ClNO/c1-22-20-39(30-19-31(40)26-10-3-4-11-27(26)36(22)30)35(42)15-23-8-7-9-24(14-23)21-45-34-17-25-16-32(41)29-12-5-6-13-38(29)37(43)28(25)18-33(34)44-2;1-30-21-13-18-17(11-20(26)19-7-2-3-8-25(19)24(18)29)12-22(21)31-14-16-6-4-5-15(9-16)10-23(27)28;1-8-7-15(14)11-6-12(16)9-4-2-3-5-10(9)13(8)11/h3-4,7-11,14,17-19,22,29,40H,5-6,12-13,15-16,20-21H2,1-2H3;4-6,9,12-13,19H,2-3,7-8,10-11,14H2,1H3,(H,27,28);2-6,8,16H,7H2,1H3/t22-,29+;19-;8-/m101/s1. The summed E-state index contributed by atoms with van der Waals surface area (Å²) in [6.45, 7) is 7.25. The molecule has 6 aliphatic heterocycles. The molecule has 8 aromatic rings. The van der Waals surface area contributed by atoms with Gasteiger partial charge in [-0.3, -0.25) is 33.2 Å². The van der Waals surface area contributed by atoms with Gasteiger partial charge in [-0.25, -0.2) is 0 Å². The molecule has 6 aliphatic rings. The molecular weight excluding hydrogens is 1190 g/mol. The normalized spacial score (nSPS) is 18.8. The average Bonchev–Trinajstić information content (AvgIpc) is 1.61. The fourth-order valence-corrected chi connectivity index (χ4v) is 14.5. The molecule has 92 heavy (non-hydrogen) atoms. The van der Waals surface area contributed by atoms with Crippen molar-refractivity contribution >= 4 is 80.0 Å². The minimum atomic E-state index is -0.892. The van der Waals surface area contributed by atoms with Gasteiger partial charge in [-0.15, -0.1) is 0 Å². The number of phenols is 2. The van der Waals surface area contributed by atoms with Crippen LogP contribution in [0.25, 0.3) is 21.5 Å². The van der Waals surface area contributed by atoms with E-state index in [1.807, 2.05) is 78.9 Å². The van der Waals surface area contributed by atoms with E-state index in [1.165, 1.54) is 19.8 Å². The van der Waals surface area contributed by atoms with Crippen LogP contribution in [0, 0.1) is 0 Å². The van der Waals surface area contributed by atoms with Crippen LogP contribution in [0.5, 0.6) is 34.5 Å². The second kappa shape index (κ2) is 26.7. The third-order valence-corrected chi connectivity index (χ3v) is 18.9. The van der Waals surface area contributed by atoms with Gasteiger partial charge in [0.15, 0.2) is 34.6 Å². The van der Waals surface area contributed by atoms with Crippen LogP contribution in [-0.4, -0.2) is 113 Å². The number of methoxy groups -OCH3 is 2. The third kappa shape index (κ3) is 12.6. The Morgan fingerprint density at radius 2 is 0.967 bits per heavy atom. The molecule has 0 aromatic heterocycles. The monoisotopic (exact) mass is 1260 g/mol. The Hall–Kier alpha value is -9.61. The van der Waals surface area contributed by atoms with E-state index < -0.39 is 5.97 Å². The molecule has 0 spiro atoms. The second-order valence-electron chi connectivity index (χ2n) is 24.7. The fourth-order valence-electron chi connectivity index (χ4n) is 14.1. The highest BCUT2D eigenvalue weighted by Crippen LogP contribution is 2.47. The van der Waals surface area contributed by atoms with Gasteiger partial charge in [-0.2, -0.15) is 0 Å². The van der Waals surface area contributed by atoms with Crippen molar-refractivity contribution < 1.29 is 63.0 Å². The van der Waals surface area contributed by atoms with Crippen molar-refractivity contribution in [3.05, 3.63) is 189 Å². The van der Waals surface area contributed by atoms with E-state index in [0.717, 1.165) is 87.4 Å². The summed E-state index contributed by atoms with van der Waals surface area (Å²) in [5.74, 6) is 1.75. The van der Waals surface area contributed by atoms with Crippen LogP contribution in [0.1, 0.15) is 129 Å². The number of piperidine rings is 2. The summed E-state index contributed by atoms with van der Waals surface area (Å²) >= 11 is 6.13. The Morgan fingerprint density at radius 1 is 0.522 bits per heavy atom. The number of carbonyl (C=O) groups is 6. The van der Waals surface area contributed by atoms with Gasteiger partial charge in [0.25, 0.3) is 11.8 Å². The molecule has 0 saturated carbocycles. The van der Waals surface area contributed by atoms with E-state index in [9.17, 15) is 39.0 Å². The van der Waals surface area contributed by atoms with Crippen molar-refractivity contribution in [2.45, 2.75) is 115 Å². The number of nitrogens with zero attached hydrogens (tertiary/aromatic N) is 4. The third-order valence-electron chi connectivity index (χ3n) is 18.5. The summed E-state index contributed by atoms with van der Waals surface area (Å²) in [6, 6.07) is 40.2. The number of aromatic hydroxyl groups is 2. The van der Waals surface area contributed by atoms with Gasteiger partial charge in [0, 0.05) is 96.7 Å². The molecule has 4 atom stereocenters. The molecule has 18 heteroatoms. The van der Waals surface area contributed by atoms with Crippen LogP contribution in [0.3, 0.4) is 0 Å². The van der Waals surface area contributed by atoms with E-state index in [-0.39, 0.29) is 91.9 Å². The lowest BCUT2D eigenvalue weighted by Crippen LogP contribution is -2.46. The van der Waals surface area contributed by atoms with Gasteiger partial charge in [-0.1, -0.05) is 111 Å². The number of ketones is 2. The molecule has 2 fully saturated rings. The van der Waals surface area contributed by atoms with Crippen molar-refractivity contribution in [2.24, 2.45) is 0 Å². The largest absolute Gasteiger partial charge is 0.507 e. The van der Waals surface area contributed by atoms with Crippen molar-refractivity contribution in [1.29, 1.82) is 0 Å². The molecule has 3 N–H and O–H groups in total. The lowest BCUT2D eigenvalue weighted by Gasteiger charge is -2.33. The summed E-state index contributed by atoms with van der Waals surface area (Å²) < 4.78 is 24.9. The fraction of sp³-hybridized carbons (Fsp3) is 0.324. The number of aliphatic carboxylic acids is 1. The highest BCUT2D eigenvalue weighted by molar-refractivity contribution is 6.27. The first kappa shape index (κ1) is 62.6. The van der Waals surface area contributed by atoms with E-state index in [2.05, 4.69) is 13.8 Å². The average molecular weight is 1260 g/mol. The summed E-state index contributed by atoms with van der Waals surface area (Å²) in [6.07, 6.45) is 5.66. The molecule has 8 aromatic carbocycles. The van der Waals surface area contributed by atoms with Crippen LogP contribution in [0.4, 0.5) is 11.4 Å². The maximum atomic E-state index is 13.6. The molecular formula is C74H73ClN4O13. The number of anilines is 2. The Bertz CT molecular complexity index is 4240. The van der Waals surface area contributed by atoms with Gasteiger partial charge in [0.05, 0.1) is 50.5 Å². The number of hydrogen-bond donors (Lipinski definition) is 3. The number of halogens is 1. The zero-order valence-electron chi connectivity index (χ0n) is 51.9. The lowest BCUT2D eigenvalue weighted by molar-refractivity contribution is -0.136. The first-order valence-electron chi connectivity index (χ1n) is 31.4. The SMILES string of the molecule is COc1cc2c(cc1OCc1cccc(CC(=O)N3C[C@@H](C)c4c3cc(O)c3ccccc43)c1)CC(=O)[C@@H]1CCCCN1C2=O.COc1cc2c(cc1OCc1cccc(CC(=O)O)c1)CC(=O)[C@@H]1CCCCN1C2=O.C[C@@H]1CN(Cl)c2cc(O)c3ccccc3c21. The molecule has 0 aliphatic carbocycles. The van der Waals surface area contributed by atoms with Gasteiger partial charge >= 0.3 is 5.97 Å². The number of phenolic OH excluding ortho intramolecular Hbond substituents is 2. The van der Waals surface area contributed by atoms with Crippen molar-refractivity contribution in [3.8, 4) is 34.5 Å². The molecule has 474 valence electrons. The second-order valence-corrected chi connectivity index (χ2v) is 25.1. The Labute approximate surface area is 538 Å². The number of carboxylic acid groups (broad SMARTS) is 1. The number of carboxylic acids is 1. The van der Waals surface area contributed by atoms with Crippen molar-refractivity contribution in [2.75, 3.05) is 49.7 Å². The quantitative estimate of drug-likeness (QED) is 0.0971. The molecule has 0 unspecified atom stereocenters. The maximum absolute atomic E-state index is 13.6. The molecule has 0 bridgehead atoms. The van der Waals surface area contributed by atoms with Crippen LogP contribution < -0.4 is 28.3 Å². The molecule has 14 rings (SSSR count). The van der Waals surface area contributed by atoms with Gasteiger partial charge in [-0.05, 0) is 118 Å². The molecule has 3 amide bonds. The number of fused-ring (bicyclic) bond motifs is 10. The van der Waals surface area contributed by atoms with Crippen LogP contribution in [-0.2, 0) is 58.1 Å². The summed E-state index contributed by atoms with van der Waals surface area (Å²) in [5, 5.41) is 33.4. The maximum Gasteiger partial charge on any atom is 0.307 e. The highest BCUT2D eigenvalue weighted by Gasteiger charge is 2.40. The molecule has 0 radical (unpaired) electrons. The number of rotatable bonds is 12. The zero-order chi connectivity index (χ0) is 64.5. The number of amides is 3. The summed E-state index contributed by atoms with van der Waals surface area (Å²) in [7, 11) is 3.05. The lowest BCUT2D eigenvalue weighted by atomic mass is 9.95. The topological polar surface area (TPSA) is 213 Å². The number of ether oxygens (including phenoxy) is 4. The van der Waals surface area contributed by atoms with Crippen LogP contribution in [0.2, 0.25) is 0 Å². The minimum Gasteiger partial charge on any atom is -0.507 e. The van der Waals surface area contributed by atoms with E-state index in [4.69, 9.17) is 35.8 Å². The molecule has 2 saturated heterocycles. The predicted octanol–water partition coefficient (Wildman–Crippen LogP) is 12.6. The minimum absolute atomic E-state index is 0.0357. The number of carbonyl (C=O) groups excluding carboxylic acids is 5. The van der Waals surface area contributed by atoms with Gasteiger partial charge in [0.2, 0.25) is 5.91 Å². The van der Waals surface area contributed by atoms with Gasteiger partial charge in [0.1, 0.15) is 24.7 Å². The molecule has 6 heterocycles. The van der Waals surface area contributed by atoms with E-state index in [1.54, 1.807) is 73.7 Å². The first-order valence-corrected chi connectivity index (χ1v) is 31.8. The number of benzene rings is 8. The number of Topliss-reactive ketones (excluding diaryl/α,β-unsaturated/α-hetero) is 2. The smallest absolute Gasteiger partial charge is 0.307 e. The molecule has 17 nitrogen and oxygen atoms in total. The Balaban J connectivity index is 0.000000149. The van der Waals surface area contributed by atoms with Crippen molar-refractivity contribution in [1.82, 2.24) is 9.80 Å². The zero-order valence-corrected chi connectivity index (χ0v) is 52.7. The van der Waals surface area contributed by atoms with Gasteiger partial charge < -0.3 is 49.0 Å². The number of hydrogen-bond acceptors (Lipinski definition) is 13. The summed E-state index contributed by atoms with van der Waals surface area (Å²) in [4.78, 5) is 82.2. The first-order chi connectivity index (χ1) is 44.5. The van der Waals surface area contributed by atoms with E-state index in [0.29, 0.717) is 95.0 Å². The Morgan fingerprint density at radius 3 is 1.46 bits per heavy atom. The predicted molar refractivity (Wildman–Crippen MR) is 351 cm³/mol. The van der Waals surface area contributed by atoms with Crippen molar-refractivity contribution in [3.63, 3.8) is 0 Å².